The monoisotopic (exact) mass is 416 g/mol. The van der Waals surface area contributed by atoms with Crippen LogP contribution in [0.5, 0.6) is 0 Å². The molecular formula is C14H7F6I. The van der Waals surface area contributed by atoms with Crippen LogP contribution in [0.25, 0.3) is 11.1 Å². The Labute approximate surface area is 129 Å². The summed E-state index contributed by atoms with van der Waals surface area (Å²) in [4.78, 5) is 0. The molecule has 0 spiro atoms. The molecule has 7 heteroatoms. The summed E-state index contributed by atoms with van der Waals surface area (Å²) < 4.78 is 75.4. The second-order valence-corrected chi connectivity index (χ2v) is 5.43. The molecule has 2 aromatic rings. The summed E-state index contributed by atoms with van der Waals surface area (Å²) >= 11 is 1.73. The van der Waals surface area contributed by atoms with Gasteiger partial charge in [0.1, 0.15) is 0 Å². The lowest BCUT2D eigenvalue weighted by Crippen LogP contribution is -2.05. The van der Waals surface area contributed by atoms with Crippen LogP contribution in [0, 0.1) is 3.57 Å². The molecule has 0 aliphatic heterocycles. The molecular weight excluding hydrogens is 409 g/mol. The number of benzene rings is 2. The van der Waals surface area contributed by atoms with Crippen molar-refractivity contribution in [2.45, 2.75) is 12.4 Å². The Kier molecular flexibility index (Phi) is 4.23. The first-order valence-corrected chi connectivity index (χ1v) is 6.71. The maximum atomic E-state index is 12.6. The van der Waals surface area contributed by atoms with E-state index < -0.39 is 23.5 Å². The molecule has 0 fully saturated rings. The molecule has 0 bridgehead atoms. The van der Waals surface area contributed by atoms with Gasteiger partial charge in [0, 0.05) is 3.57 Å². The van der Waals surface area contributed by atoms with Gasteiger partial charge in [-0.25, -0.2) is 0 Å². The van der Waals surface area contributed by atoms with Gasteiger partial charge in [0.25, 0.3) is 0 Å². The molecule has 0 heterocycles. The van der Waals surface area contributed by atoms with Crippen LogP contribution in [0.4, 0.5) is 26.3 Å². The quantitative estimate of drug-likeness (QED) is 0.396. The second-order valence-electron chi connectivity index (χ2n) is 4.27. The van der Waals surface area contributed by atoms with Gasteiger partial charge in [0.15, 0.2) is 0 Å². The van der Waals surface area contributed by atoms with Gasteiger partial charge in [-0.3, -0.25) is 0 Å². The van der Waals surface area contributed by atoms with Gasteiger partial charge in [0.2, 0.25) is 0 Å². The fraction of sp³-hybridized carbons (Fsp3) is 0.143. The van der Waals surface area contributed by atoms with E-state index in [2.05, 4.69) is 0 Å². The van der Waals surface area contributed by atoms with Crippen molar-refractivity contribution in [2.24, 2.45) is 0 Å². The van der Waals surface area contributed by atoms with Crippen LogP contribution >= 0.6 is 22.6 Å². The van der Waals surface area contributed by atoms with Gasteiger partial charge >= 0.3 is 12.4 Å². The molecule has 0 aliphatic carbocycles. The van der Waals surface area contributed by atoms with E-state index in [4.69, 9.17) is 0 Å². The Bertz CT molecular complexity index is 640. The van der Waals surface area contributed by atoms with Crippen LogP contribution in [0.3, 0.4) is 0 Å². The molecule has 2 aromatic carbocycles. The first-order chi connectivity index (χ1) is 9.59. The van der Waals surface area contributed by atoms with Crippen molar-refractivity contribution in [3.8, 4) is 11.1 Å². The topological polar surface area (TPSA) is 0 Å². The Morgan fingerprint density at radius 3 is 1.57 bits per heavy atom. The average molecular weight is 416 g/mol. The van der Waals surface area contributed by atoms with Crippen LogP contribution < -0.4 is 0 Å². The lowest BCUT2D eigenvalue weighted by molar-refractivity contribution is -0.138. The fourth-order valence-corrected chi connectivity index (χ4v) is 2.59. The molecule has 0 nitrogen and oxygen atoms in total. The highest BCUT2D eigenvalue weighted by atomic mass is 127. The molecule has 112 valence electrons. The van der Waals surface area contributed by atoms with Gasteiger partial charge in [-0.1, -0.05) is 18.2 Å². The van der Waals surface area contributed by atoms with Gasteiger partial charge < -0.3 is 0 Å². The minimum atomic E-state index is -4.45. The van der Waals surface area contributed by atoms with Gasteiger partial charge in [-0.15, -0.1) is 0 Å². The Hall–Kier alpha value is -1.25. The molecule has 0 saturated carbocycles. The molecule has 2 rings (SSSR count). The van der Waals surface area contributed by atoms with Crippen LogP contribution in [-0.2, 0) is 12.4 Å². The maximum absolute atomic E-state index is 12.6. The predicted octanol–water partition coefficient (Wildman–Crippen LogP) is 6.00. The van der Waals surface area contributed by atoms with Crippen molar-refractivity contribution in [3.05, 3.63) is 57.2 Å². The van der Waals surface area contributed by atoms with Crippen molar-refractivity contribution in [3.63, 3.8) is 0 Å². The van der Waals surface area contributed by atoms with Crippen molar-refractivity contribution in [2.75, 3.05) is 0 Å². The van der Waals surface area contributed by atoms with E-state index in [1.807, 2.05) is 0 Å². The third kappa shape index (κ3) is 3.69. The predicted molar refractivity (Wildman–Crippen MR) is 74.6 cm³/mol. The Balaban J connectivity index is 2.39. The van der Waals surface area contributed by atoms with Crippen molar-refractivity contribution in [1.82, 2.24) is 0 Å². The molecule has 0 N–H and O–H groups in total. The van der Waals surface area contributed by atoms with E-state index >= 15 is 0 Å². The molecule has 0 aliphatic rings. The first kappa shape index (κ1) is 16.1. The number of hydrogen-bond donors (Lipinski definition) is 0. The Morgan fingerprint density at radius 1 is 0.667 bits per heavy atom. The molecule has 21 heavy (non-hydrogen) atoms. The van der Waals surface area contributed by atoms with Gasteiger partial charge in [0.05, 0.1) is 11.1 Å². The van der Waals surface area contributed by atoms with Gasteiger partial charge in [-0.2, -0.15) is 26.3 Å². The number of rotatable bonds is 1. The summed E-state index contributed by atoms with van der Waals surface area (Å²) in [6.45, 7) is 0. The van der Waals surface area contributed by atoms with Crippen molar-refractivity contribution >= 4 is 22.6 Å². The van der Waals surface area contributed by atoms with Gasteiger partial charge in [-0.05, 0) is 58.0 Å². The van der Waals surface area contributed by atoms with Crippen LogP contribution in [-0.4, -0.2) is 0 Å². The minimum Gasteiger partial charge on any atom is -0.166 e. The molecule has 0 amide bonds. The molecule has 0 saturated heterocycles. The smallest absolute Gasteiger partial charge is 0.166 e. The summed E-state index contributed by atoms with van der Waals surface area (Å²) in [7, 11) is 0. The summed E-state index contributed by atoms with van der Waals surface area (Å²) in [5.74, 6) is 0. The minimum absolute atomic E-state index is 0.321. The standard InChI is InChI=1S/C14H7F6I/c15-13(16,17)9-3-1-8(2-4-9)11-6-5-10(7-12(11)21)14(18,19)20/h1-7H. The highest BCUT2D eigenvalue weighted by Crippen LogP contribution is 2.35. The lowest BCUT2D eigenvalue weighted by atomic mass is 10.0. The lowest BCUT2D eigenvalue weighted by Gasteiger charge is -2.11. The largest absolute Gasteiger partial charge is 0.416 e. The molecule has 0 radical (unpaired) electrons. The zero-order chi connectivity index (χ0) is 15.8. The van der Waals surface area contributed by atoms with E-state index in [0.717, 1.165) is 24.3 Å². The molecule has 0 atom stereocenters. The third-order valence-corrected chi connectivity index (χ3v) is 3.71. The molecule has 0 aromatic heterocycles. The van der Waals surface area contributed by atoms with E-state index in [1.54, 1.807) is 22.6 Å². The third-order valence-electron chi connectivity index (χ3n) is 2.82. The second kappa shape index (κ2) is 5.51. The van der Waals surface area contributed by atoms with E-state index in [9.17, 15) is 26.3 Å². The molecule has 0 unspecified atom stereocenters. The first-order valence-electron chi connectivity index (χ1n) is 5.63. The summed E-state index contributed by atoms with van der Waals surface area (Å²) in [6, 6.07) is 7.43. The van der Waals surface area contributed by atoms with Crippen molar-refractivity contribution < 1.29 is 26.3 Å². The van der Waals surface area contributed by atoms with E-state index in [-0.39, 0.29) is 0 Å². The fourth-order valence-electron chi connectivity index (χ4n) is 1.76. The summed E-state index contributed by atoms with van der Waals surface area (Å²) in [5.41, 5.74) is -0.700. The highest BCUT2D eigenvalue weighted by Gasteiger charge is 2.31. The summed E-state index contributed by atoms with van der Waals surface area (Å²) in [6.07, 6.45) is -8.88. The zero-order valence-corrected chi connectivity index (χ0v) is 12.3. The number of alkyl halides is 6. The summed E-state index contributed by atoms with van der Waals surface area (Å²) in [5, 5.41) is 0. The van der Waals surface area contributed by atoms with Crippen LogP contribution in [0.15, 0.2) is 42.5 Å². The van der Waals surface area contributed by atoms with E-state index in [0.29, 0.717) is 14.7 Å². The Morgan fingerprint density at radius 2 is 1.14 bits per heavy atom. The maximum Gasteiger partial charge on any atom is 0.416 e. The average Bonchev–Trinajstić information content (AvgIpc) is 2.36. The van der Waals surface area contributed by atoms with Crippen LogP contribution in [0.1, 0.15) is 11.1 Å². The number of halogens is 7. The SMILES string of the molecule is FC(F)(F)c1ccc(-c2ccc(C(F)(F)F)cc2I)cc1. The number of hydrogen-bond acceptors (Lipinski definition) is 0. The van der Waals surface area contributed by atoms with Crippen LogP contribution in [0.2, 0.25) is 0 Å². The van der Waals surface area contributed by atoms with Crippen molar-refractivity contribution in [1.29, 1.82) is 0 Å². The highest BCUT2D eigenvalue weighted by molar-refractivity contribution is 14.1. The van der Waals surface area contributed by atoms with E-state index in [1.165, 1.54) is 18.2 Å². The zero-order valence-electron chi connectivity index (χ0n) is 10.2. The normalized spacial score (nSPS) is 12.5.